The molecule has 1 saturated heterocycles. The maximum absolute atomic E-state index is 12.5. The number of carbonyl (C=O) groups is 2. The molecule has 0 atom stereocenters. The minimum absolute atomic E-state index is 0.00997. The van der Waals surface area contributed by atoms with Crippen molar-refractivity contribution in [3.05, 3.63) is 71.4 Å². The van der Waals surface area contributed by atoms with Gasteiger partial charge in [0.1, 0.15) is 5.76 Å². The molecule has 0 unspecified atom stereocenters. The second-order valence-electron chi connectivity index (χ2n) is 6.42. The van der Waals surface area contributed by atoms with Crippen LogP contribution in [0.4, 0.5) is 11.4 Å². The summed E-state index contributed by atoms with van der Waals surface area (Å²) in [5.74, 6) is 0.403. The summed E-state index contributed by atoms with van der Waals surface area (Å²) in [5, 5.41) is 6.17. The summed E-state index contributed by atoms with van der Waals surface area (Å²) in [6.45, 7) is 1.72. The Bertz CT molecular complexity index is 1010. The van der Waals surface area contributed by atoms with E-state index in [0.29, 0.717) is 29.6 Å². The molecule has 2 heterocycles. The highest BCUT2D eigenvalue weighted by atomic mass is 35.5. The minimum atomic E-state index is -0.344. The van der Waals surface area contributed by atoms with Crippen molar-refractivity contribution in [2.45, 2.75) is 0 Å². The number of furan rings is 1. The zero-order valence-electron chi connectivity index (χ0n) is 14.9. The summed E-state index contributed by atoms with van der Waals surface area (Å²) >= 11 is 6.18. The van der Waals surface area contributed by atoms with Gasteiger partial charge in [-0.1, -0.05) is 23.7 Å². The van der Waals surface area contributed by atoms with E-state index in [1.807, 2.05) is 35.2 Å². The third kappa shape index (κ3) is 3.87. The van der Waals surface area contributed by atoms with Crippen LogP contribution in [0.5, 0.6) is 0 Å². The number of carbonyl (C=O) groups excluding carboxylic acids is 2. The molecule has 2 N–H and O–H groups in total. The SMILES string of the molecule is O=C1CN(c2ccc(NC(=O)c3ccc(-c4ccccc4Cl)o3)cc2)CCN1. The molecule has 0 spiro atoms. The monoisotopic (exact) mass is 395 g/mol. The van der Waals surface area contributed by atoms with Crippen LogP contribution in [-0.2, 0) is 4.79 Å². The van der Waals surface area contributed by atoms with E-state index in [1.54, 1.807) is 30.3 Å². The van der Waals surface area contributed by atoms with E-state index in [2.05, 4.69) is 10.6 Å². The van der Waals surface area contributed by atoms with E-state index < -0.39 is 0 Å². The largest absolute Gasteiger partial charge is 0.451 e. The molecule has 1 aromatic heterocycles. The molecule has 1 aliphatic heterocycles. The van der Waals surface area contributed by atoms with Crippen LogP contribution in [0.25, 0.3) is 11.3 Å². The number of amides is 2. The van der Waals surface area contributed by atoms with Gasteiger partial charge >= 0.3 is 0 Å². The number of benzene rings is 2. The van der Waals surface area contributed by atoms with Crippen LogP contribution in [0.15, 0.2) is 65.1 Å². The number of hydrogen-bond acceptors (Lipinski definition) is 4. The number of hydrogen-bond donors (Lipinski definition) is 2. The number of nitrogens with zero attached hydrogens (tertiary/aromatic N) is 1. The maximum Gasteiger partial charge on any atom is 0.291 e. The van der Waals surface area contributed by atoms with Gasteiger partial charge in [0.2, 0.25) is 5.91 Å². The summed E-state index contributed by atoms with van der Waals surface area (Å²) in [4.78, 5) is 26.0. The van der Waals surface area contributed by atoms with Crippen molar-refractivity contribution in [2.75, 3.05) is 29.9 Å². The maximum atomic E-state index is 12.5. The summed E-state index contributed by atoms with van der Waals surface area (Å²) in [6, 6.07) is 18.0. The lowest BCUT2D eigenvalue weighted by molar-refractivity contribution is -0.120. The van der Waals surface area contributed by atoms with Crippen LogP contribution in [0.3, 0.4) is 0 Å². The van der Waals surface area contributed by atoms with Crippen LogP contribution in [0.2, 0.25) is 5.02 Å². The van der Waals surface area contributed by atoms with Crippen molar-refractivity contribution < 1.29 is 14.0 Å². The van der Waals surface area contributed by atoms with E-state index in [-0.39, 0.29) is 17.6 Å². The van der Waals surface area contributed by atoms with E-state index >= 15 is 0 Å². The molecule has 7 heteroatoms. The van der Waals surface area contributed by atoms with Crippen molar-refractivity contribution in [3.8, 4) is 11.3 Å². The molecule has 2 aromatic carbocycles. The lowest BCUT2D eigenvalue weighted by Crippen LogP contribution is -2.47. The second kappa shape index (κ2) is 7.78. The first-order valence-corrected chi connectivity index (χ1v) is 9.26. The zero-order valence-corrected chi connectivity index (χ0v) is 15.7. The third-order valence-electron chi connectivity index (χ3n) is 4.50. The summed E-state index contributed by atoms with van der Waals surface area (Å²) in [7, 11) is 0. The Morgan fingerprint density at radius 1 is 1.07 bits per heavy atom. The fourth-order valence-electron chi connectivity index (χ4n) is 3.07. The van der Waals surface area contributed by atoms with Gasteiger partial charge < -0.3 is 20.0 Å². The minimum Gasteiger partial charge on any atom is -0.451 e. The van der Waals surface area contributed by atoms with E-state index in [0.717, 1.165) is 17.8 Å². The molecule has 0 bridgehead atoms. The van der Waals surface area contributed by atoms with Crippen molar-refractivity contribution in [1.82, 2.24) is 5.32 Å². The number of anilines is 2. The molecule has 28 heavy (non-hydrogen) atoms. The lowest BCUT2D eigenvalue weighted by atomic mass is 10.2. The fourth-order valence-corrected chi connectivity index (χ4v) is 3.30. The van der Waals surface area contributed by atoms with E-state index in [9.17, 15) is 9.59 Å². The molecule has 0 aliphatic carbocycles. The normalized spacial score (nSPS) is 13.9. The van der Waals surface area contributed by atoms with Crippen molar-refractivity contribution in [1.29, 1.82) is 0 Å². The first kappa shape index (κ1) is 18.1. The molecule has 1 fully saturated rings. The zero-order chi connectivity index (χ0) is 19.5. The fraction of sp³-hybridized carbons (Fsp3) is 0.143. The number of piperazine rings is 1. The van der Waals surface area contributed by atoms with Gasteiger partial charge in [-0.2, -0.15) is 0 Å². The molecular weight excluding hydrogens is 378 g/mol. The molecule has 4 rings (SSSR count). The van der Waals surface area contributed by atoms with Gasteiger partial charge in [-0.05, 0) is 48.5 Å². The average Bonchev–Trinajstić information content (AvgIpc) is 3.19. The van der Waals surface area contributed by atoms with Gasteiger partial charge in [0, 0.05) is 30.0 Å². The average molecular weight is 396 g/mol. The molecular formula is C21H18ClN3O3. The smallest absolute Gasteiger partial charge is 0.291 e. The van der Waals surface area contributed by atoms with Gasteiger partial charge in [0.25, 0.3) is 5.91 Å². The lowest BCUT2D eigenvalue weighted by Gasteiger charge is -2.28. The molecule has 2 amide bonds. The Morgan fingerprint density at radius 3 is 2.61 bits per heavy atom. The van der Waals surface area contributed by atoms with Gasteiger partial charge in [0.05, 0.1) is 11.6 Å². The van der Waals surface area contributed by atoms with Crippen LogP contribution in [0, 0.1) is 0 Å². The molecule has 6 nitrogen and oxygen atoms in total. The van der Waals surface area contributed by atoms with Crippen LogP contribution >= 0.6 is 11.6 Å². The highest BCUT2D eigenvalue weighted by molar-refractivity contribution is 6.33. The Hall–Kier alpha value is -3.25. The van der Waals surface area contributed by atoms with Gasteiger partial charge in [-0.25, -0.2) is 0 Å². The summed E-state index contributed by atoms with van der Waals surface area (Å²) < 4.78 is 5.67. The van der Waals surface area contributed by atoms with Gasteiger partial charge in [-0.15, -0.1) is 0 Å². The quantitative estimate of drug-likeness (QED) is 0.704. The van der Waals surface area contributed by atoms with Crippen molar-refractivity contribution in [3.63, 3.8) is 0 Å². The van der Waals surface area contributed by atoms with Gasteiger partial charge in [-0.3, -0.25) is 9.59 Å². The van der Waals surface area contributed by atoms with Crippen molar-refractivity contribution in [2.24, 2.45) is 0 Å². The first-order valence-electron chi connectivity index (χ1n) is 8.88. The molecule has 3 aromatic rings. The highest BCUT2D eigenvalue weighted by Gasteiger charge is 2.17. The Kier molecular flexibility index (Phi) is 5.04. The number of nitrogens with one attached hydrogen (secondary N) is 2. The molecule has 1 aliphatic rings. The number of halogens is 1. The number of rotatable bonds is 4. The topological polar surface area (TPSA) is 74.6 Å². The highest BCUT2D eigenvalue weighted by Crippen LogP contribution is 2.29. The predicted molar refractivity (Wildman–Crippen MR) is 109 cm³/mol. The molecule has 0 radical (unpaired) electrons. The standard InChI is InChI=1S/C21H18ClN3O3/c22-17-4-2-1-3-16(17)18-9-10-19(28-18)21(27)24-14-5-7-15(8-6-14)25-12-11-23-20(26)13-25/h1-10H,11-13H2,(H,23,26)(H,24,27). The second-order valence-corrected chi connectivity index (χ2v) is 6.82. The van der Waals surface area contributed by atoms with E-state index in [1.165, 1.54) is 0 Å². The Labute approximate surface area is 167 Å². The summed E-state index contributed by atoms with van der Waals surface area (Å²) in [6.07, 6.45) is 0. The molecule has 142 valence electrons. The van der Waals surface area contributed by atoms with E-state index in [4.69, 9.17) is 16.0 Å². The van der Waals surface area contributed by atoms with Crippen LogP contribution in [0.1, 0.15) is 10.6 Å². The van der Waals surface area contributed by atoms with Crippen LogP contribution < -0.4 is 15.5 Å². The summed E-state index contributed by atoms with van der Waals surface area (Å²) in [5.41, 5.74) is 2.32. The molecule has 0 saturated carbocycles. The first-order chi connectivity index (χ1) is 13.6. The third-order valence-corrected chi connectivity index (χ3v) is 4.83. The Balaban J connectivity index is 1.44. The predicted octanol–water partition coefficient (Wildman–Crippen LogP) is 3.79. The van der Waals surface area contributed by atoms with Crippen molar-refractivity contribution >= 4 is 34.8 Å². The Morgan fingerprint density at radius 2 is 1.86 bits per heavy atom. The van der Waals surface area contributed by atoms with Crippen LogP contribution in [-0.4, -0.2) is 31.4 Å². The van der Waals surface area contributed by atoms with Gasteiger partial charge in [0.15, 0.2) is 5.76 Å².